The highest BCUT2D eigenvalue weighted by Crippen LogP contribution is 2.25. The molecule has 19 heavy (non-hydrogen) atoms. The molecule has 0 bridgehead atoms. The molecule has 0 aromatic carbocycles. The first-order valence-corrected chi connectivity index (χ1v) is 7.69. The fourth-order valence-corrected chi connectivity index (χ4v) is 1.87. The van der Waals surface area contributed by atoms with Crippen LogP contribution < -0.4 is 5.73 Å². The van der Waals surface area contributed by atoms with Crippen molar-refractivity contribution in [1.29, 1.82) is 0 Å². The third-order valence-electron chi connectivity index (χ3n) is 4.09. The maximum atomic E-state index is 6.13. The predicted molar refractivity (Wildman–Crippen MR) is 82.1 cm³/mol. The van der Waals surface area contributed by atoms with Crippen molar-refractivity contribution < 1.29 is 9.47 Å². The normalized spacial score (nSPS) is 18.6. The standard InChI is InChI=1S/C16H35NO2/c1-8-15(6,14(4)5)18-11-12-19-16(7,17)10-9-13(2)3/h13-14H,8-12,17H2,1-7H3. The van der Waals surface area contributed by atoms with Gasteiger partial charge in [0, 0.05) is 0 Å². The first-order chi connectivity index (χ1) is 8.63. The van der Waals surface area contributed by atoms with Crippen molar-refractivity contribution in [3.05, 3.63) is 0 Å². The molecule has 0 spiro atoms. The molecule has 116 valence electrons. The lowest BCUT2D eigenvalue weighted by atomic mass is 9.90. The Labute approximate surface area is 120 Å². The zero-order valence-electron chi connectivity index (χ0n) is 14.1. The van der Waals surface area contributed by atoms with E-state index in [9.17, 15) is 0 Å². The van der Waals surface area contributed by atoms with Crippen LogP contribution in [0.3, 0.4) is 0 Å². The topological polar surface area (TPSA) is 44.5 Å². The number of ether oxygens (including phenoxy) is 2. The lowest BCUT2D eigenvalue weighted by molar-refractivity contribution is -0.113. The third kappa shape index (κ3) is 7.91. The Bertz CT molecular complexity index is 239. The maximum Gasteiger partial charge on any atom is 0.114 e. The molecule has 0 saturated heterocycles. The van der Waals surface area contributed by atoms with Crippen molar-refractivity contribution in [1.82, 2.24) is 0 Å². The first kappa shape index (κ1) is 18.9. The second kappa shape index (κ2) is 8.23. The molecule has 0 aromatic heterocycles. The zero-order chi connectivity index (χ0) is 15.1. The summed E-state index contributed by atoms with van der Waals surface area (Å²) in [5.74, 6) is 1.16. The second-order valence-electron chi connectivity index (χ2n) is 6.76. The molecule has 0 saturated carbocycles. The van der Waals surface area contributed by atoms with E-state index >= 15 is 0 Å². The van der Waals surface area contributed by atoms with Crippen LogP contribution in [0.5, 0.6) is 0 Å². The highest BCUT2D eigenvalue weighted by atomic mass is 16.6. The minimum atomic E-state index is -0.534. The van der Waals surface area contributed by atoms with Crippen molar-refractivity contribution >= 4 is 0 Å². The molecule has 2 N–H and O–H groups in total. The molecule has 0 radical (unpaired) electrons. The maximum absolute atomic E-state index is 6.13. The summed E-state index contributed by atoms with van der Waals surface area (Å²) in [7, 11) is 0. The number of nitrogens with two attached hydrogens (primary N) is 1. The van der Waals surface area contributed by atoms with Crippen LogP contribution in [0.2, 0.25) is 0 Å². The molecular weight excluding hydrogens is 238 g/mol. The fourth-order valence-electron chi connectivity index (χ4n) is 1.87. The molecule has 3 heteroatoms. The summed E-state index contributed by atoms with van der Waals surface area (Å²) in [6.07, 6.45) is 2.99. The Hall–Kier alpha value is -0.120. The second-order valence-corrected chi connectivity index (χ2v) is 6.76. The molecule has 0 fully saturated rings. The van der Waals surface area contributed by atoms with Gasteiger partial charge >= 0.3 is 0 Å². The minimum absolute atomic E-state index is 0.0632. The summed E-state index contributed by atoms with van der Waals surface area (Å²) in [5.41, 5.74) is 5.53. The molecule has 0 heterocycles. The van der Waals surface area contributed by atoms with E-state index in [0.29, 0.717) is 25.0 Å². The predicted octanol–water partition coefficient (Wildman–Crippen LogP) is 3.96. The smallest absolute Gasteiger partial charge is 0.114 e. The highest BCUT2D eigenvalue weighted by Gasteiger charge is 2.27. The van der Waals surface area contributed by atoms with Crippen molar-refractivity contribution in [3.8, 4) is 0 Å². The van der Waals surface area contributed by atoms with Crippen LogP contribution in [0.4, 0.5) is 0 Å². The highest BCUT2D eigenvalue weighted by molar-refractivity contribution is 4.77. The van der Waals surface area contributed by atoms with Crippen LogP contribution in [0.25, 0.3) is 0 Å². The van der Waals surface area contributed by atoms with Crippen molar-refractivity contribution in [2.45, 2.75) is 79.1 Å². The van der Waals surface area contributed by atoms with Gasteiger partial charge in [-0.05, 0) is 44.9 Å². The van der Waals surface area contributed by atoms with Gasteiger partial charge in [-0.15, -0.1) is 0 Å². The van der Waals surface area contributed by atoms with Gasteiger partial charge in [0.1, 0.15) is 5.72 Å². The molecular formula is C16H35NO2. The average Bonchev–Trinajstić information content (AvgIpc) is 2.32. The van der Waals surface area contributed by atoms with Crippen LogP contribution in [0, 0.1) is 11.8 Å². The summed E-state index contributed by atoms with van der Waals surface area (Å²) in [6.45, 7) is 16.2. The number of rotatable bonds is 10. The van der Waals surface area contributed by atoms with Crippen LogP contribution in [-0.4, -0.2) is 24.5 Å². The molecule has 0 rings (SSSR count). The molecule has 0 aliphatic heterocycles. The van der Waals surface area contributed by atoms with Gasteiger partial charge in [-0.25, -0.2) is 0 Å². The van der Waals surface area contributed by atoms with E-state index in [1.54, 1.807) is 0 Å². The average molecular weight is 273 g/mol. The van der Waals surface area contributed by atoms with E-state index in [4.69, 9.17) is 15.2 Å². The Balaban J connectivity index is 3.96. The summed E-state index contributed by atoms with van der Waals surface area (Å²) in [4.78, 5) is 0. The molecule has 3 nitrogen and oxygen atoms in total. The zero-order valence-corrected chi connectivity index (χ0v) is 14.1. The van der Waals surface area contributed by atoms with Crippen LogP contribution in [-0.2, 0) is 9.47 Å². The summed E-state index contributed by atoms with van der Waals surface area (Å²) in [5, 5.41) is 0. The lowest BCUT2D eigenvalue weighted by Crippen LogP contribution is -2.41. The van der Waals surface area contributed by atoms with Gasteiger partial charge in [-0.1, -0.05) is 34.6 Å². The quantitative estimate of drug-likeness (QED) is 0.484. The van der Waals surface area contributed by atoms with Crippen molar-refractivity contribution in [2.75, 3.05) is 13.2 Å². The monoisotopic (exact) mass is 273 g/mol. The van der Waals surface area contributed by atoms with Gasteiger partial charge in [-0.2, -0.15) is 0 Å². The first-order valence-electron chi connectivity index (χ1n) is 7.69. The lowest BCUT2D eigenvalue weighted by Gasteiger charge is -2.33. The number of hydrogen-bond donors (Lipinski definition) is 1. The summed E-state index contributed by atoms with van der Waals surface area (Å²) >= 11 is 0. The Kier molecular flexibility index (Phi) is 8.18. The van der Waals surface area contributed by atoms with E-state index < -0.39 is 5.72 Å². The number of hydrogen-bond acceptors (Lipinski definition) is 3. The summed E-state index contributed by atoms with van der Waals surface area (Å²) < 4.78 is 11.7. The van der Waals surface area contributed by atoms with Gasteiger partial charge in [-0.3, -0.25) is 0 Å². The van der Waals surface area contributed by atoms with E-state index in [-0.39, 0.29) is 5.60 Å². The Morgan fingerprint density at radius 3 is 1.95 bits per heavy atom. The third-order valence-corrected chi connectivity index (χ3v) is 4.09. The SMILES string of the molecule is CCC(C)(OCCOC(C)(N)CCC(C)C)C(C)C. The minimum Gasteiger partial charge on any atom is -0.373 e. The van der Waals surface area contributed by atoms with Crippen LogP contribution in [0.15, 0.2) is 0 Å². The van der Waals surface area contributed by atoms with Gasteiger partial charge in [0.2, 0.25) is 0 Å². The van der Waals surface area contributed by atoms with Gasteiger partial charge in [0.05, 0.1) is 18.8 Å². The van der Waals surface area contributed by atoms with Gasteiger partial charge in [0.25, 0.3) is 0 Å². The van der Waals surface area contributed by atoms with Gasteiger partial charge in [0.15, 0.2) is 0 Å². The van der Waals surface area contributed by atoms with E-state index in [0.717, 1.165) is 19.3 Å². The van der Waals surface area contributed by atoms with Crippen LogP contribution in [0.1, 0.15) is 67.7 Å². The Morgan fingerprint density at radius 1 is 1.00 bits per heavy atom. The molecule has 0 aliphatic rings. The van der Waals surface area contributed by atoms with E-state index in [1.807, 2.05) is 6.92 Å². The van der Waals surface area contributed by atoms with Gasteiger partial charge < -0.3 is 15.2 Å². The molecule has 0 aromatic rings. The molecule has 0 aliphatic carbocycles. The molecule has 2 unspecified atom stereocenters. The van der Waals surface area contributed by atoms with Crippen LogP contribution >= 0.6 is 0 Å². The Morgan fingerprint density at radius 2 is 1.53 bits per heavy atom. The van der Waals surface area contributed by atoms with E-state index in [1.165, 1.54) is 0 Å². The van der Waals surface area contributed by atoms with Crippen molar-refractivity contribution in [2.24, 2.45) is 17.6 Å². The summed E-state index contributed by atoms with van der Waals surface area (Å²) in [6, 6.07) is 0. The molecule has 2 atom stereocenters. The van der Waals surface area contributed by atoms with Crippen molar-refractivity contribution in [3.63, 3.8) is 0 Å². The van der Waals surface area contributed by atoms with E-state index in [2.05, 4.69) is 41.5 Å². The largest absolute Gasteiger partial charge is 0.373 e. The molecule has 0 amide bonds. The fraction of sp³-hybridized carbons (Fsp3) is 1.00.